The highest BCUT2D eigenvalue weighted by Gasteiger charge is 2.40. The third kappa shape index (κ3) is 9.34. The van der Waals surface area contributed by atoms with Crippen molar-refractivity contribution >= 4 is 0 Å². The van der Waals surface area contributed by atoms with Crippen LogP contribution in [-0.2, 0) is 0 Å². The Morgan fingerprint density at radius 2 is 1.16 bits per heavy atom. The predicted molar refractivity (Wildman–Crippen MR) is 76.2 cm³/mol. The van der Waals surface area contributed by atoms with Crippen LogP contribution in [0.25, 0.3) is 0 Å². The second kappa shape index (κ2) is 10.6. The van der Waals surface area contributed by atoms with Crippen molar-refractivity contribution in [3.8, 4) is 0 Å². The lowest BCUT2D eigenvalue weighted by Crippen LogP contribution is -2.27. The summed E-state index contributed by atoms with van der Waals surface area (Å²) in [5.41, 5.74) is 0. The Hall–Kier alpha value is -0.210. The molecule has 0 fully saturated rings. The average molecular weight is 280 g/mol. The van der Waals surface area contributed by atoms with Crippen LogP contribution in [0.2, 0.25) is 0 Å². The van der Waals surface area contributed by atoms with Gasteiger partial charge < -0.3 is 0 Å². The van der Waals surface area contributed by atoms with Crippen LogP contribution in [0, 0.1) is 11.8 Å². The highest BCUT2D eigenvalue weighted by molar-refractivity contribution is 4.73. The van der Waals surface area contributed by atoms with Gasteiger partial charge in [-0.1, -0.05) is 72.1 Å². The Labute approximate surface area is 117 Å². The van der Waals surface area contributed by atoms with E-state index in [1.165, 1.54) is 6.92 Å². The maximum atomic E-state index is 12.8. The quantitative estimate of drug-likeness (QED) is 0.367. The molecule has 0 aliphatic rings. The van der Waals surface area contributed by atoms with Crippen LogP contribution in [0.5, 0.6) is 0 Å². The number of alkyl halides is 3. The summed E-state index contributed by atoms with van der Waals surface area (Å²) in [6.45, 7) is 5.62. The zero-order chi connectivity index (χ0) is 14.7. The van der Waals surface area contributed by atoms with Gasteiger partial charge in [0.2, 0.25) is 0 Å². The molecule has 0 aliphatic heterocycles. The normalized spacial score (nSPS) is 14.1. The molecule has 0 spiro atoms. The van der Waals surface area contributed by atoms with Gasteiger partial charge in [0, 0.05) is 0 Å². The molecule has 0 N–H and O–H groups in total. The highest BCUT2D eigenvalue weighted by Crippen LogP contribution is 2.37. The van der Waals surface area contributed by atoms with Crippen LogP contribution < -0.4 is 0 Å². The molecule has 0 aliphatic carbocycles. The number of rotatable bonds is 11. The van der Waals surface area contributed by atoms with Gasteiger partial charge in [-0.3, -0.25) is 0 Å². The van der Waals surface area contributed by atoms with Crippen molar-refractivity contribution in [1.29, 1.82) is 0 Å². The summed E-state index contributed by atoms with van der Waals surface area (Å²) >= 11 is 0. The van der Waals surface area contributed by atoms with E-state index in [4.69, 9.17) is 0 Å². The van der Waals surface area contributed by atoms with E-state index in [2.05, 4.69) is 13.8 Å². The molecule has 1 unspecified atom stereocenters. The SMILES string of the molecule is CCCCCCC(CCCCCC)C(C)C(F)(F)F. The van der Waals surface area contributed by atoms with Crippen LogP contribution in [0.3, 0.4) is 0 Å². The molecule has 0 amide bonds. The fraction of sp³-hybridized carbons (Fsp3) is 1.00. The van der Waals surface area contributed by atoms with Crippen molar-refractivity contribution < 1.29 is 13.2 Å². The van der Waals surface area contributed by atoms with E-state index in [1.54, 1.807) is 0 Å². The Morgan fingerprint density at radius 3 is 1.47 bits per heavy atom. The van der Waals surface area contributed by atoms with Gasteiger partial charge >= 0.3 is 6.18 Å². The van der Waals surface area contributed by atoms with Gasteiger partial charge in [0.15, 0.2) is 0 Å². The predicted octanol–water partition coefficient (Wildman–Crippen LogP) is 6.74. The molecule has 0 aromatic carbocycles. The monoisotopic (exact) mass is 280 g/mol. The number of hydrogen-bond acceptors (Lipinski definition) is 0. The van der Waals surface area contributed by atoms with Crippen molar-refractivity contribution in [2.75, 3.05) is 0 Å². The first kappa shape index (κ1) is 18.8. The van der Waals surface area contributed by atoms with Crippen molar-refractivity contribution in [2.24, 2.45) is 11.8 Å². The molecule has 0 rings (SSSR count). The Kier molecular flexibility index (Phi) is 10.4. The summed E-state index contributed by atoms with van der Waals surface area (Å²) in [4.78, 5) is 0. The molecule has 3 heteroatoms. The first-order valence-corrected chi connectivity index (χ1v) is 8.00. The lowest BCUT2D eigenvalue weighted by molar-refractivity contribution is -0.185. The second-order valence-electron chi connectivity index (χ2n) is 5.79. The Bertz CT molecular complexity index is 187. The van der Waals surface area contributed by atoms with Gasteiger partial charge in [0.05, 0.1) is 5.92 Å². The molecule has 0 heterocycles. The Morgan fingerprint density at radius 1 is 0.737 bits per heavy atom. The maximum Gasteiger partial charge on any atom is 0.391 e. The zero-order valence-corrected chi connectivity index (χ0v) is 12.9. The third-order valence-electron chi connectivity index (χ3n) is 4.08. The fourth-order valence-corrected chi connectivity index (χ4v) is 2.58. The average Bonchev–Trinajstić information content (AvgIpc) is 2.35. The molecule has 0 saturated heterocycles. The van der Waals surface area contributed by atoms with E-state index in [0.29, 0.717) is 0 Å². The summed E-state index contributed by atoms with van der Waals surface area (Å²) in [6.07, 6.45) is 6.07. The number of halogens is 3. The molecule has 0 radical (unpaired) electrons. The number of hydrogen-bond donors (Lipinski definition) is 0. The highest BCUT2D eigenvalue weighted by atomic mass is 19.4. The molecule has 116 valence electrons. The van der Waals surface area contributed by atoms with Crippen molar-refractivity contribution in [3.63, 3.8) is 0 Å². The summed E-state index contributed by atoms with van der Waals surface area (Å²) in [6, 6.07) is 0. The first-order chi connectivity index (χ1) is 8.93. The van der Waals surface area contributed by atoms with E-state index in [1.807, 2.05) is 0 Å². The summed E-state index contributed by atoms with van der Waals surface area (Å²) < 4.78 is 38.5. The maximum absolute atomic E-state index is 12.8. The van der Waals surface area contributed by atoms with Gasteiger partial charge in [0.25, 0.3) is 0 Å². The Balaban J connectivity index is 4.14. The molecule has 19 heavy (non-hydrogen) atoms. The van der Waals surface area contributed by atoms with Crippen LogP contribution in [0.4, 0.5) is 13.2 Å². The summed E-state index contributed by atoms with van der Waals surface area (Å²) in [5, 5.41) is 0. The van der Waals surface area contributed by atoms with Crippen molar-refractivity contribution in [2.45, 2.75) is 91.2 Å². The largest absolute Gasteiger partial charge is 0.391 e. The lowest BCUT2D eigenvalue weighted by Gasteiger charge is -2.26. The molecule has 0 saturated carbocycles. The fourth-order valence-electron chi connectivity index (χ4n) is 2.58. The van der Waals surface area contributed by atoms with Gasteiger partial charge in [-0.15, -0.1) is 0 Å². The molecule has 0 aromatic heterocycles. The lowest BCUT2D eigenvalue weighted by atomic mass is 9.84. The molecule has 1 atom stereocenters. The number of unbranched alkanes of at least 4 members (excludes halogenated alkanes) is 6. The van der Waals surface area contributed by atoms with E-state index < -0.39 is 12.1 Å². The minimum atomic E-state index is -4.03. The zero-order valence-electron chi connectivity index (χ0n) is 12.9. The van der Waals surface area contributed by atoms with Crippen molar-refractivity contribution in [1.82, 2.24) is 0 Å². The molecule has 0 aromatic rings. The van der Waals surface area contributed by atoms with Gasteiger partial charge in [-0.2, -0.15) is 13.2 Å². The van der Waals surface area contributed by atoms with Crippen molar-refractivity contribution in [3.05, 3.63) is 0 Å². The van der Waals surface area contributed by atoms with Crippen LogP contribution in [-0.4, -0.2) is 6.18 Å². The first-order valence-electron chi connectivity index (χ1n) is 8.00. The van der Waals surface area contributed by atoms with E-state index >= 15 is 0 Å². The van der Waals surface area contributed by atoms with Gasteiger partial charge in [-0.05, 0) is 18.8 Å². The molecular weight excluding hydrogens is 249 g/mol. The van der Waals surface area contributed by atoms with Crippen LogP contribution in [0.15, 0.2) is 0 Å². The second-order valence-corrected chi connectivity index (χ2v) is 5.79. The molecule has 0 nitrogen and oxygen atoms in total. The van der Waals surface area contributed by atoms with E-state index in [-0.39, 0.29) is 5.92 Å². The molecular formula is C16H31F3. The smallest absolute Gasteiger partial charge is 0.171 e. The minimum absolute atomic E-state index is 0.172. The van der Waals surface area contributed by atoms with Crippen LogP contribution >= 0.6 is 0 Å². The standard InChI is InChI=1S/C16H31F3/c1-4-6-8-10-12-15(13-11-9-7-5-2)14(3)16(17,18)19/h14-15H,4-13H2,1-3H3. The third-order valence-corrected chi connectivity index (χ3v) is 4.08. The van der Waals surface area contributed by atoms with Gasteiger partial charge in [-0.25, -0.2) is 0 Å². The van der Waals surface area contributed by atoms with Gasteiger partial charge in [0.1, 0.15) is 0 Å². The summed E-state index contributed by atoms with van der Waals surface area (Å²) in [5.74, 6) is -1.32. The van der Waals surface area contributed by atoms with E-state index in [0.717, 1.165) is 64.2 Å². The molecule has 0 bridgehead atoms. The summed E-state index contributed by atoms with van der Waals surface area (Å²) in [7, 11) is 0. The topological polar surface area (TPSA) is 0 Å². The minimum Gasteiger partial charge on any atom is -0.171 e. The van der Waals surface area contributed by atoms with E-state index in [9.17, 15) is 13.2 Å². The van der Waals surface area contributed by atoms with Crippen LogP contribution in [0.1, 0.15) is 85.0 Å².